The van der Waals surface area contributed by atoms with E-state index in [9.17, 15) is 0 Å². The van der Waals surface area contributed by atoms with Gasteiger partial charge in [-0.15, -0.1) is 0 Å². The molecule has 0 aromatic carbocycles. The van der Waals surface area contributed by atoms with Crippen molar-refractivity contribution in [2.75, 3.05) is 20.1 Å². The van der Waals surface area contributed by atoms with Gasteiger partial charge in [0, 0.05) is 18.6 Å². The summed E-state index contributed by atoms with van der Waals surface area (Å²) in [4.78, 5) is 2.60. The molecule has 0 aliphatic carbocycles. The molecule has 2 atom stereocenters. The minimum atomic E-state index is 0.739. The highest BCUT2D eigenvalue weighted by atomic mass is 15.2. The normalized spacial score (nSPS) is 29.9. The number of likely N-dealkylation sites (tertiary alicyclic amines) is 1. The van der Waals surface area contributed by atoms with E-state index in [4.69, 9.17) is 0 Å². The molecule has 0 bridgehead atoms. The van der Waals surface area contributed by atoms with Gasteiger partial charge in [-0.1, -0.05) is 12.2 Å². The maximum Gasteiger partial charge on any atom is 0.00910 e. The summed E-state index contributed by atoms with van der Waals surface area (Å²) in [5, 5.41) is 3.38. The van der Waals surface area contributed by atoms with E-state index in [-0.39, 0.29) is 0 Å². The second kappa shape index (κ2) is 6.20. The molecule has 0 spiro atoms. The molecular weight excluding hydrogens is 172 g/mol. The molecule has 1 rings (SSSR count). The Morgan fingerprint density at radius 2 is 2.29 bits per heavy atom. The number of piperidine rings is 1. The summed E-state index contributed by atoms with van der Waals surface area (Å²) in [5.41, 5.74) is 0. The molecule has 0 radical (unpaired) electrons. The maximum atomic E-state index is 3.38. The largest absolute Gasteiger partial charge is 0.317 e. The molecule has 0 aromatic heterocycles. The number of hydrogen-bond donors (Lipinski definition) is 1. The minimum absolute atomic E-state index is 0.739. The lowest BCUT2D eigenvalue weighted by Gasteiger charge is -2.37. The highest BCUT2D eigenvalue weighted by Crippen LogP contribution is 2.17. The summed E-state index contributed by atoms with van der Waals surface area (Å²) in [7, 11) is 2.08. The van der Waals surface area contributed by atoms with E-state index in [2.05, 4.69) is 43.3 Å². The molecular formula is C12H24N2. The first-order valence-corrected chi connectivity index (χ1v) is 5.80. The Bertz CT molecular complexity index is 177. The van der Waals surface area contributed by atoms with E-state index >= 15 is 0 Å². The molecule has 1 fully saturated rings. The molecule has 82 valence electrons. The van der Waals surface area contributed by atoms with Crippen LogP contribution in [0.4, 0.5) is 0 Å². The van der Waals surface area contributed by atoms with Gasteiger partial charge in [-0.3, -0.25) is 0 Å². The number of nitrogens with one attached hydrogen (secondary N) is 1. The zero-order chi connectivity index (χ0) is 10.4. The van der Waals surface area contributed by atoms with Gasteiger partial charge in [-0.05, 0) is 46.7 Å². The van der Waals surface area contributed by atoms with E-state index in [1.807, 2.05) is 0 Å². The van der Waals surface area contributed by atoms with Crippen molar-refractivity contribution in [3.05, 3.63) is 12.2 Å². The van der Waals surface area contributed by atoms with Crippen LogP contribution in [0.3, 0.4) is 0 Å². The van der Waals surface area contributed by atoms with Crippen LogP contribution in [0.15, 0.2) is 12.2 Å². The van der Waals surface area contributed by atoms with Crippen molar-refractivity contribution >= 4 is 0 Å². The molecule has 1 saturated heterocycles. The van der Waals surface area contributed by atoms with Crippen molar-refractivity contribution in [3.8, 4) is 0 Å². The van der Waals surface area contributed by atoms with Gasteiger partial charge < -0.3 is 10.2 Å². The highest BCUT2D eigenvalue weighted by molar-refractivity contribution is 4.85. The number of allylic oxidation sites excluding steroid dienone is 1. The Morgan fingerprint density at radius 1 is 1.50 bits per heavy atom. The van der Waals surface area contributed by atoms with Gasteiger partial charge in [0.05, 0.1) is 0 Å². The molecule has 1 heterocycles. The molecule has 14 heavy (non-hydrogen) atoms. The van der Waals surface area contributed by atoms with E-state index in [1.54, 1.807) is 0 Å². The third-order valence-corrected chi connectivity index (χ3v) is 3.24. The number of nitrogens with zero attached hydrogens (tertiary/aromatic N) is 1. The quantitative estimate of drug-likeness (QED) is 0.692. The summed E-state index contributed by atoms with van der Waals surface area (Å²) >= 11 is 0. The molecule has 0 aromatic rings. The van der Waals surface area contributed by atoms with Crippen molar-refractivity contribution in [1.82, 2.24) is 10.2 Å². The van der Waals surface area contributed by atoms with Crippen molar-refractivity contribution in [2.45, 2.75) is 45.2 Å². The zero-order valence-corrected chi connectivity index (χ0v) is 9.79. The van der Waals surface area contributed by atoms with E-state index in [0.29, 0.717) is 0 Å². The van der Waals surface area contributed by atoms with Crippen LogP contribution in [0, 0.1) is 0 Å². The van der Waals surface area contributed by atoms with Gasteiger partial charge in [0.15, 0.2) is 0 Å². The van der Waals surface area contributed by atoms with E-state index in [0.717, 1.165) is 12.1 Å². The molecule has 0 saturated carbocycles. The van der Waals surface area contributed by atoms with E-state index in [1.165, 1.54) is 32.4 Å². The Morgan fingerprint density at radius 3 is 2.86 bits per heavy atom. The zero-order valence-electron chi connectivity index (χ0n) is 9.79. The van der Waals surface area contributed by atoms with Crippen molar-refractivity contribution in [2.24, 2.45) is 0 Å². The summed E-state index contributed by atoms with van der Waals surface area (Å²) in [6, 6.07) is 1.48. The van der Waals surface area contributed by atoms with Gasteiger partial charge >= 0.3 is 0 Å². The lowest BCUT2D eigenvalue weighted by atomic mass is 9.98. The minimum Gasteiger partial charge on any atom is -0.317 e. The van der Waals surface area contributed by atoms with Crippen LogP contribution in [-0.2, 0) is 0 Å². The van der Waals surface area contributed by atoms with E-state index < -0.39 is 0 Å². The van der Waals surface area contributed by atoms with Gasteiger partial charge in [0.25, 0.3) is 0 Å². The third-order valence-electron chi connectivity index (χ3n) is 3.24. The topological polar surface area (TPSA) is 15.3 Å². The van der Waals surface area contributed by atoms with Gasteiger partial charge in [-0.2, -0.15) is 0 Å². The molecule has 0 amide bonds. The van der Waals surface area contributed by atoms with Crippen LogP contribution < -0.4 is 5.32 Å². The first-order chi connectivity index (χ1) is 6.77. The Balaban J connectivity index is 2.27. The van der Waals surface area contributed by atoms with Gasteiger partial charge in [0.2, 0.25) is 0 Å². The smallest absolute Gasteiger partial charge is 0.00910 e. The molecule has 1 aliphatic heterocycles. The molecule has 2 nitrogen and oxygen atoms in total. The average Bonchev–Trinajstić information content (AvgIpc) is 2.20. The Hall–Kier alpha value is -0.340. The highest BCUT2D eigenvalue weighted by Gasteiger charge is 2.23. The molecule has 2 heteroatoms. The number of rotatable bonds is 4. The first-order valence-electron chi connectivity index (χ1n) is 5.80. The lowest BCUT2D eigenvalue weighted by molar-refractivity contribution is 0.141. The molecule has 1 aliphatic rings. The second-order valence-corrected chi connectivity index (χ2v) is 4.25. The number of hydrogen-bond acceptors (Lipinski definition) is 2. The predicted octanol–water partition coefficient (Wildman–Crippen LogP) is 2.02. The Kier molecular flexibility index (Phi) is 5.20. The SMILES string of the molecule is C/C=C/CCN1CCC(NC)CC1C. The fourth-order valence-electron chi connectivity index (χ4n) is 2.22. The first kappa shape index (κ1) is 11.7. The van der Waals surface area contributed by atoms with Crippen LogP contribution in [0.25, 0.3) is 0 Å². The average molecular weight is 196 g/mol. The van der Waals surface area contributed by atoms with Crippen LogP contribution in [0.1, 0.15) is 33.1 Å². The van der Waals surface area contributed by atoms with Crippen LogP contribution in [-0.4, -0.2) is 37.1 Å². The second-order valence-electron chi connectivity index (χ2n) is 4.25. The van der Waals surface area contributed by atoms with Gasteiger partial charge in [0.1, 0.15) is 0 Å². The van der Waals surface area contributed by atoms with Crippen molar-refractivity contribution < 1.29 is 0 Å². The fraction of sp³-hybridized carbons (Fsp3) is 0.833. The molecule has 2 unspecified atom stereocenters. The standard InChI is InChI=1S/C12H24N2/c1-4-5-6-8-14-9-7-12(13-3)10-11(14)2/h4-5,11-13H,6-10H2,1-3H3/b5-4+. The summed E-state index contributed by atoms with van der Waals surface area (Å²) in [6.45, 7) is 6.92. The predicted molar refractivity (Wildman–Crippen MR) is 62.5 cm³/mol. The van der Waals surface area contributed by atoms with Crippen LogP contribution in [0.5, 0.6) is 0 Å². The third kappa shape index (κ3) is 3.43. The lowest BCUT2D eigenvalue weighted by Crippen LogP contribution is -2.46. The Labute approximate surface area is 88.4 Å². The van der Waals surface area contributed by atoms with Crippen molar-refractivity contribution in [3.63, 3.8) is 0 Å². The summed E-state index contributed by atoms with van der Waals surface area (Å²) in [6.07, 6.45) is 8.20. The monoisotopic (exact) mass is 196 g/mol. The van der Waals surface area contributed by atoms with Crippen LogP contribution >= 0.6 is 0 Å². The maximum absolute atomic E-state index is 3.38. The summed E-state index contributed by atoms with van der Waals surface area (Å²) in [5.74, 6) is 0. The summed E-state index contributed by atoms with van der Waals surface area (Å²) < 4.78 is 0. The molecule has 1 N–H and O–H groups in total. The van der Waals surface area contributed by atoms with Crippen molar-refractivity contribution in [1.29, 1.82) is 0 Å². The van der Waals surface area contributed by atoms with Gasteiger partial charge in [-0.25, -0.2) is 0 Å². The fourth-order valence-corrected chi connectivity index (χ4v) is 2.22. The van der Waals surface area contributed by atoms with Crippen LogP contribution in [0.2, 0.25) is 0 Å².